The van der Waals surface area contributed by atoms with Crippen molar-refractivity contribution >= 4 is 22.6 Å². The molecule has 0 radical (unpaired) electrons. The Morgan fingerprint density at radius 1 is 1.21 bits per heavy atom. The van der Waals surface area contributed by atoms with Crippen LogP contribution in [0.15, 0.2) is 71.1 Å². The highest BCUT2D eigenvalue weighted by molar-refractivity contribution is 5.85. The molecule has 0 bridgehead atoms. The van der Waals surface area contributed by atoms with Gasteiger partial charge < -0.3 is 21.0 Å². The molecule has 0 aliphatic carbocycles. The van der Waals surface area contributed by atoms with Gasteiger partial charge in [-0.25, -0.2) is 9.18 Å². The van der Waals surface area contributed by atoms with E-state index in [1.807, 2.05) is 32.0 Å². The first-order chi connectivity index (χ1) is 13.8. The standard InChI is InChI=1S/C22H24FN5O/c1-4-14(15-5-10-18-19(11-15)28-21(29)27-18)12-25-20(24)26-13-22(2,3)16-6-8-17(23)9-7-16/h4-12H,1,13H2,2-3H3,(H3,24,25,26)(H2,27,28,29)/b14-12+. The van der Waals surface area contributed by atoms with Crippen LogP contribution in [-0.4, -0.2) is 22.5 Å². The number of rotatable bonds is 6. The third-order valence-corrected chi connectivity index (χ3v) is 4.72. The summed E-state index contributed by atoms with van der Waals surface area (Å²) in [6.07, 6.45) is 3.40. The lowest BCUT2D eigenvalue weighted by atomic mass is 9.85. The maximum absolute atomic E-state index is 13.1. The summed E-state index contributed by atoms with van der Waals surface area (Å²) in [6.45, 7) is 8.31. The van der Waals surface area contributed by atoms with Gasteiger partial charge >= 0.3 is 5.69 Å². The smallest absolute Gasteiger partial charge is 0.323 e. The lowest BCUT2D eigenvalue weighted by Gasteiger charge is -2.23. The number of allylic oxidation sites excluding steroid dienone is 2. The Morgan fingerprint density at radius 2 is 1.90 bits per heavy atom. The predicted molar refractivity (Wildman–Crippen MR) is 116 cm³/mol. The van der Waals surface area contributed by atoms with E-state index in [1.54, 1.807) is 24.4 Å². The molecule has 29 heavy (non-hydrogen) atoms. The number of fused-ring (bicyclic) bond motifs is 1. The van der Waals surface area contributed by atoms with Crippen molar-refractivity contribution in [3.05, 3.63) is 88.7 Å². The molecule has 0 aliphatic heterocycles. The Morgan fingerprint density at radius 3 is 2.59 bits per heavy atom. The van der Waals surface area contributed by atoms with Crippen molar-refractivity contribution in [2.75, 3.05) is 6.54 Å². The van der Waals surface area contributed by atoms with Gasteiger partial charge in [0.25, 0.3) is 0 Å². The maximum Gasteiger partial charge on any atom is 0.323 e. The Hall–Kier alpha value is -3.61. The number of halogens is 1. The molecule has 7 heteroatoms. The van der Waals surface area contributed by atoms with Crippen molar-refractivity contribution in [2.24, 2.45) is 10.7 Å². The van der Waals surface area contributed by atoms with Crippen LogP contribution in [0.25, 0.3) is 16.6 Å². The number of H-pyrrole nitrogens is 2. The Labute approximate surface area is 168 Å². The molecule has 0 amide bonds. The third-order valence-electron chi connectivity index (χ3n) is 4.72. The van der Waals surface area contributed by atoms with Crippen LogP contribution in [0.3, 0.4) is 0 Å². The van der Waals surface area contributed by atoms with E-state index in [9.17, 15) is 9.18 Å². The fraction of sp³-hybridized carbons (Fsp3) is 0.182. The van der Waals surface area contributed by atoms with E-state index < -0.39 is 0 Å². The van der Waals surface area contributed by atoms with E-state index in [4.69, 9.17) is 5.73 Å². The maximum atomic E-state index is 13.1. The van der Waals surface area contributed by atoms with Crippen LogP contribution in [0.4, 0.5) is 4.39 Å². The molecule has 5 N–H and O–H groups in total. The summed E-state index contributed by atoms with van der Waals surface area (Å²) < 4.78 is 13.1. The van der Waals surface area contributed by atoms with Crippen molar-refractivity contribution in [3.8, 4) is 0 Å². The Bertz CT molecular complexity index is 1140. The highest BCUT2D eigenvalue weighted by atomic mass is 19.1. The topological polar surface area (TPSA) is 99.1 Å². The minimum atomic E-state index is -0.295. The molecule has 1 aromatic heterocycles. The largest absolute Gasteiger partial charge is 0.370 e. The molecule has 3 rings (SSSR count). The zero-order chi connectivity index (χ0) is 21.0. The van der Waals surface area contributed by atoms with E-state index in [2.05, 4.69) is 26.9 Å². The summed E-state index contributed by atoms with van der Waals surface area (Å²) in [7, 11) is 0. The van der Waals surface area contributed by atoms with Crippen molar-refractivity contribution in [1.29, 1.82) is 0 Å². The number of hydrogen-bond donors (Lipinski definition) is 4. The fourth-order valence-corrected chi connectivity index (χ4v) is 2.94. The SMILES string of the molecule is C=C/C(=C\NC(N)=NCC(C)(C)c1ccc(F)cc1)c1ccc2[nH]c(=O)[nH]c2c1. The number of nitrogens with two attached hydrogens (primary N) is 1. The average molecular weight is 393 g/mol. The lowest BCUT2D eigenvalue weighted by molar-refractivity contribution is 0.536. The van der Waals surface area contributed by atoms with Gasteiger partial charge in [-0.15, -0.1) is 0 Å². The molecule has 1 heterocycles. The molecule has 0 saturated carbocycles. The van der Waals surface area contributed by atoms with Crippen molar-refractivity contribution in [3.63, 3.8) is 0 Å². The number of hydrogen-bond acceptors (Lipinski definition) is 2. The molecule has 0 spiro atoms. The summed E-state index contributed by atoms with van der Waals surface area (Å²) in [6, 6.07) is 12.0. The van der Waals surface area contributed by atoms with Gasteiger partial charge in [0.1, 0.15) is 5.82 Å². The van der Waals surface area contributed by atoms with Crippen molar-refractivity contribution in [2.45, 2.75) is 19.3 Å². The molecule has 0 aliphatic rings. The van der Waals surface area contributed by atoms with Crippen LogP contribution in [0, 0.1) is 5.82 Å². The number of imidazole rings is 1. The second-order valence-electron chi connectivity index (χ2n) is 7.38. The molecule has 2 aromatic carbocycles. The number of aliphatic imine (C=N–C) groups is 1. The first-order valence-electron chi connectivity index (χ1n) is 9.16. The minimum Gasteiger partial charge on any atom is -0.370 e. The second-order valence-corrected chi connectivity index (χ2v) is 7.38. The van der Waals surface area contributed by atoms with Crippen LogP contribution in [0.1, 0.15) is 25.0 Å². The quantitative estimate of drug-likeness (QED) is 0.293. The third kappa shape index (κ3) is 4.82. The minimum absolute atomic E-state index is 0.250. The van der Waals surface area contributed by atoms with Gasteiger partial charge in [0.05, 0.1) is 17.6 Å². The fourth-order valence-electron chi connectivity index (χ4n) is 2.94. The highest BCUT2D eigenvalue weighted by Crippen LogP contribution is 2.23. The van der Waals surface area contributed by atoms with Gasteiger partial charge in [-0.2, -0.15) is 0 Å². The summed E-state index contributed by atoms with van der Waals surface area (Å²) in [5.74, 6) is -0.00566. The van der Waals surface area contributed by atoms with Crippen molar-refractivity contribution in [1.82, 2.24) is 15.3 Å². The lowest BCUT2D eigenvalue weighted by Crippen LogP contribution is -2.30. The van der Waals surface area contributed by atoms with Crippen molar-refractivity contribution < 1.29 is 4.39 Å². The Balaban J connectivity index is 1.72. The normalized spacial score (nSPS) is 12.9. The van der Waals surface area contributed by atoms with Gasteiger partial charge in [-0.1, -0.05) is 44.7 Å². The van der Waals surface area contributed by atoms with E-state index in [-0.39, 0.29) is 22.9 Å². The van der Waals surface area contributed by atoms with E-state index >= 15 is 0 Å². The summed E-state index contributed by atoms with van der Waals surface area (Å²) >= 11 is 0. The highest BCUT2D eigenvalue weighted by Gasteiger charge is 2.20. The molecule has 0 fully saturated rings. The van der Waals surface area contributed by atoms with Gasteiger partial charge in [-0.3, -0.25) is 4.99 Å². The van der Waals surface area contributed by atoms with Gasteiger partial charge in [0.2, 0.25) is 0 Å². The van der Waals surface area contributed by atoms with E-state index in [0.717, 1.165) is 22.2 Å². The van der Waals surface area contributed by atoms with Crippen LogP contribution in [0.5, 0.6) is 0 Å². The van der Waals surface area contributed by atoms with Crippen LogP contribution >= 0.6 is 0 Å². The molecule has 3 aromatic rings. The molecule has 150 valence electrons. The number of aromatic amines is 2. The number of aromatic nitrogens is 2. The van der Waals surface area contributed by atoms with Crippen LogP contribution < -0.4 is 16.7 Å². The molecular weight excluding hydrogens is 369 g/mol. The molecule has 0 unspecified atom stereocenters. The first kappa shape index (κ1) is 20.1. The van der Waals surface area contributed by atoms with Crippen LogP contribution in [0.2, 0.25) is 0 Å². The molecule has 6 nitrogen and oxygen atoms in total. The number of benzene rings is 2. The predicted octanol–water partition coefficient (Wildman–Crippen LogP) is 3.40. The monoisotopic (exact) mass is 393 g/mol. The van der Waals surface area contributed by atoms with Gasteiger partial charge in [0.15, 0.2) is 5.96 Å². The average Bonchev–Trinajstić information content (AvgIpc) is 3.06. The Kier molecular flexibility index (Phi) is 5.68. The molecule has 0 atom stereocenters. The van der Waals surface area contributed by atoms with Crippen LogP contribution in [-0.2, 0) is 5.41 Å². The number of guanidine groups is 1. The van der Waals surface area contributed by atoms with Gasteiger partial charge in [0, 0.05) is 11.6 Å². The zero-order valence-corrected chi connectivity index (χ0v) is 16.4. The number of nitrogens with one attached hydrogen (secondary N) is 3. The van der Waals surface area contributed by atoms with Gasteiger partial charge in [-0.05, 0) is 41.0 Å². The van der Waals surface area contributed by atoms with E-state index in [1.165, 1.54) is 12.1 Å². The summed E-state index contributed by atoms with van der Waals surface area (Å²) in [5.41, 5.74) is 9.55. The molecular formula is C22H24FN5O. The zero-order valence-electron chi connectivity index (χ0n) is 16.4. The van der Waals surface area contributed by atoms with E-state index in [0.29, 0.717) is 12.1 Å². The molecule has 0 saturated heterocycles. The second kappa shape index (κ2) is 8.18. The summed E-state index contributed by atoms with van der Waals surface area (Å²) in [5, 5.41) is 2.97. The first-order valence-corrected chi connectivity index (χ1v) is 9.16. The number of nitrogens with zero attached hydrogens (tertiary/aromatic N) is 1. The summed E-state index contributed by atoms with van der Waals surface area (Å²) in [4.78, 5) is 21.3.